The van der Waals surface area contributed by atoms with E-state index in [2.05, 4.69) is 5.10 Å². The number of carbonyl (C=O) groups excluding carboxylic acids is 4. The van der Waals surface area contributed by atoms with Gasteiger partial charge in [0.15, 0.2) is 5.78 Å². The van der Waals surface area contributed by atoms with Crippen LogP contribution in [0.1, 0.15) is 34.5 Å². The average Bonchev–Trinajstić information content (AvgIpc) is 3.26. The molecule has 0 N–H and O–H groups in total. The molecule has 2 aromatic carbocycles. The third kappa shape index (κ3) is 2.57. The minimum absolute atomic E-state index is 0.116. The molecule has 2 aromatic rings. The number of hydrogen-bond acceptors (Lipinski definition) is 7. The zero-order chi connectivity index (χ0) is 21.9. The number of amides is 2. The summed E-state index contributed by atoms with van der Waals surface area (Å²) in [5.74, 6) is -3.51. The summed E-state index contributed by atoms with van der Waals surface area (Å²) in [5.41, 5.74) is 1.98. The number of fused-ring (bicyclic) bond motifs is 5. The van der Waals surface area contributed by atoms with Crippen molar-refractivity contribution in [2.45, 2.75) is 19.0 Å². The third-order valence-electron chi connectivity index (χ3n) is 6.26. The average molecular weight is 417 g/mol. The summed E-state index contributed by atoms with van der Waals surface area (Å²) >= 11 is 0. The lowest BCUT2D eigenvalue weighted by Gasteiger charge is -2.33. The van der Waals surface area contributed by atoms with Gasteiger partial charge in [-0.05, 0) is 30.2 Å². The first-order valence-corrected chi connectivity index (χ1v) is 9.92. The highest BCUT2D eigenvalue weighted by Gasteiger charge is 2.65. The molecule has 2 amide bonds. The third-order valence-corrected chi connectivity index (χ3v) is 6.26. The highest BCUT2D eigenvalue weighted by Crippen LogP contribution is 2.52. The number of hydrogen-bond donors (Lipinski definition) is 0. The zero-order valence-electron chi connectivity index (χ0n) is 16.9. The van der Waals surface area contributed by atoms with Crippen LogP contribution in [0.5, 0.6) is 0 Å². The summed E-state index contributed by atoms with van der Waals surface area (Å²) in [6.07, 6.45) is 1.65. The molecule has 0 spiro atoms. The molecule has 0 radical (unpaired) electrons. The van der Waals surface area contributed by atoms with E-state index in [4.69, 9.17) is 4.74 Å². The van der Waals surface area contributed by atoms with Crippen LogP contribution in [0, 0.1) is 11.8 Å². The Bertz CT molecular complexity index is 1170. The SMILES string of the molecule is COC(=O)c1ccccc1N1C(=O)[C@@H]2[C@H](C1=O)[C@H]1c3ccccc3C=NN1[C@H]2C(C)=O. The van der Waals surface area contributed by atoms with Gasteiger partial charge in [0.05, 0.1) is 42.5 Å². The van der Waals surface area contributed by atoms with Crippen LogP contribution in [0.3, 0.4) is 0 Å². The molecule has 2 saturated heterocycles. The van der Waals surface area contributed by atoms with Crippen LogP contribution in [0.4, 0.5) is 5.69 Å². The van der Waals surface area contributed by atoms with Gasteiger partial charge in [0.2, 0.25) is 11.8 Å². The molecule has 4 atom stereocenters. The van der Waals surface area contributed by atoms with E-state index < -0.39 is 41.7 Å². The largest absolute Gasteiger partial charge is 0.465 e. The number of anilines is 1. The number of carbonyl (C=O) groups is 4. The number of ketones is 1. The van der Waals surface area contributed by atoms with Crippen LogP contribution in [-0.2, 0) is 19.1 Å². The maximum atomic E-state index is 13.7. The Kier molecular flexibility index (Phi) is 4.25. The molecule has 8 nitrogen and oxygen atoms in total. The Hall–Kier alpha value is -3.81. The number of Topliss-reactive ketones (excluding diaryl/α,β-unsaturated/α-hetero) is 1. The predicted molar refractivity (Wildman–Crippen MR) is 110 cm³/mol. The number of rotatable bonds is 3. The van der Waals surface area contributed by atoms with Crippen LogP contribution in [0.2, 0.25) is 0 Å². The summed E-state index contributed by atoms with van der Waals surface area (Å²) in [6, 6.07) is 12.4. The number of nitrogens with zero attached hydrogens (tertiary/aromatic N) is 3. The fourth-order valence-electron chi connectivity index (χ4n) is 5.01. The van der Waals surface area contributed by atoms with Crippen molar-refractivity contribution in [3.8, 4) is 0 Å². The van der Waals surface area contributed by atoms with Crippen LogP contribution in [0.25, 0.3) is 0 Å². The normalized spacial score (nSPS) is 25.9. The van der Waals surface area contributed by atoms with E-state index >= 15 is 0 Å². The summed E-state index contributed by atoms with van der Waals surface area (Å²) in [6.45, 7) is 1.41. The molecule has 0 saturated carbocycles. The van der Waals surface area contributed by atoms with Gasteiger partial charge in [-0.15, -0.1) is 0 Å². The highest BCUT2D eigenvalue weighted by molar-refractivity contribution is 6.25. The summed E-state index contributed by atoms with van der Waals surface area (Å²) in [4.78, 5) is 53.1. The van der Waals surface area contributed by atoms with Gasteiger partial charge in [0.25, 0.3) is 0 Å². The number of imide groups is 1. The Morgan fingerprint density at radius 1 is 0.968 bits per heavy atom. The number of hydrazone groups is 1. The molecule has 156 valence electrons. The van der Waals surface area contributed by atoms with E-state index in [0.717, 1.165) is 16.0 Å². The van der Waals surface area contributed by atoms with Gasteiger partial charge in [-0.1, -0.05) is 36.4 Å². The summed E-state index contributed by atoms with van der Waals surface area (Å²) in [7, 11) is 1.24. The smallest absolute Gasteiger partial charge is 0.339 e. The molecule has 5 rings (SSSR count). The second kappa shape index (κ2) is 6.87. The minimum atomic E-state index is -0.885. The van der Waals surface area contributed by atoms with E-state index in [-0.39, 0.29) is 17.0 Å². The standard InChI is InChI=1S/C23H19N3O5/c1-12(27)19-17-18(20-14-8-4-3-7-13(14)11-24-26(19)20)22(29)25(21(17)28)16-10-6-5-9-15(16)23(30)31-2/h3-11,17-20H,1-2H3/t17-,18+,19+,20-/m1/s1. The Morgan fingerprint density at radius 3 is 2.39 bits per heavy atom. The lowest BCUT2D eigenvalue weighted by atomic mass is 9.84. The molecule has 0 aliphatic carbocycles. The van der Waals surface area contributed by atoms with Crippen molar-refractivity contribution in [1.82, 2.24) is 5.01 Å². The molecule has 0 bridgehead atoms. The van der Waals surface area contributed by atoms with E-state index in [1.807, 2.05) is 24.3 Å². The van der Waals surface area contributed by atoms with E-state index in [1.165, 1.54) is 26.2 Å². The second-order valence-electron chi connectivity index (χ2n) is 7.83. The maximum Gasteiger partial charge on any atom is 0.339 e. The first kappa shape index (κ1) is 19.2. The Balaban J connectivity index is 1.66. The van der Waals surface area contributed by atoms with Crippen molar-refractivity contribution in [3.63, 3.8) is 0 Å². The molecule has 3 aliphatic heterocycles. The molecular weight excluding hydrogens is 398 g/mol. The molecule has 31 heavy (non-hydrogen) atoms. The van der Waals surface area contributed by atoms with Gasteiger partial charge >= 0.3 is 5.97 Å². The molecule has 8 heteroatoms. The quantitative estimate of drug-likeness (QED) is 0.559. The molecular formula is C23H19N3O5. The van der Waals surface area contributed by atoms with Gasteiger partial charge in [-0.3, -0.25) is 19.4 Å². The summed E-state index contributed by atoms with van der Waals surface area (Å²) in [5, 5.41) is 6.03. The predicted octanol–water partition coefficient (Wildman–Crippen LogP) is 1.94. The van der Waals surface area contributed by atoms with Gasteiger partial charge in [-0.25, -0.2) is 9.69 Å². The molecule has 2 fully saturated rings. The van der Waals surface area contributed by atoms with Crippen LogP contribution < -0.4 is 4.90 Å². The van der Waals surface area contributed by atoms with Gasteiger partial charge < -0.3 is 4.74 Å². The molecule has 0 unspecified atom stereocenters. The van der Waals surface area contributed by atoms with E-state index in [0.29, 0.717) is 0 Å². The lowest BCUT2D eigenvalue weighted by molar-refractivity contribution is -0.129. The lowest BCUT2D eigenvalue weighted by Crippen LogP contribution is -2.44. The number of ether oxygens (including phenoxy) is 1. The van der Waals surface area contributed by atoms with E-state index in [1.54, 1.807) is 23.4 Å². The maximum absolute atomic E-state index is 13.7. The molecule has 3 heterocycles. The molecule has 0 aromatic heterocycles. The van der Waals surface area contributed by atoms with Crippen LogP contribution >= 0.6 is 0 Å². The van der Waals surface area contributed by atoms with Crippen molar-refractivity contribution >= 4 is 35.5 Å². The number of esters is 1. The molecule has 3 aliphatic rings. The van der Waals surface area contributed by atoms with Crippen LogP contribution in [0.15, 0.2) is 53.6 Å². The van der Waals surface area contributed by atoms with Crippen LogP contribution in [-0.4, -0.2) is 47.9 Å². The van der Waals surface area contributed by atoms with Gasteiger partial charge in [0, 0.05) is 0 Å². The fourth-order valence-corrected chi connectivity index (χ4v) is 5.01. The highest BCUT2D eigenvalue weighted by atomic mass is 16.5. The number of methoxy groups -OCH3 is 1. The van der Waals surface area contributed by atoms with Crippen molar-refractivity contribution in [2.24, 2.45) is 16.9 Å². The topological polar surface area (TPSA) is 96.3 Å². The van der Waals surface area contributed by atoms with Gasteiger partial charge in [-0.2, -0.15) is 5.10 Å². The van der Waals surface area contributed by atoms with E-state index in [9.17, 15) is 19.2 Å². The first-order valence-electron chi connectivity index (χ1n) is 9.92. The van der Waals surface area contributed by atoms with Crippen molar-refractivity contribution in [2.75, 3.05) is 12.0 Å². The monoisotopic (exact) mass is 417 g/mol. The van der Waals surface area contributed by atoms with Gasteiger partial charge in [0.1, 0.15) is 6.04 Å². The zero-order valence-corrected chi connectivity index (χ0v) is 16.9. The minimum Gasteiger partial charge on any atom is -0.465 e. The fraction of sp³-hybridized carbons (Fsp3) is 0.261. The van der Waals surface area contributed by atoms with Crippen molar-refractivity contribution < 1.29 is 23.9 Å². The van der Waals surface area contributed by atoms with Crippen molar-refractivity contribution in [1.29, 1.82) is 0 Å². The second-order valence-corrected chi connectivity index (χ2v) is 7.83. The Labute approximate surface area is 178 Å². The first-order chi connectivity index (χ1) is 15.0. The number of benzene rings is 2. The van der Waals surface area contributed by atoms with Crippen molar-refractivity contribution in [3.05, 3.63) is 65.2 Å². The number of para-hydroxylation sites is 1. The summed E-state index contributed by atoms with van der Waals surface area (Å²) < 4.78 is 4.82. The Morgan fingerprint density at radius 2 is 1.65 bits per heavy atom.